The SMILES string of the molecule is CC(Cc1c[nH]c2ccccc12)(NC(=O)OC1C2CC3CC(C2)CC1C3)C(=O)NCC(NC(=O)OCc1ccccc1)c1ccccc1. The van der Waals surface area contributed by atoms with E-state index < -0.39 is 23.8 Å². The highest BCUT2D eigenvalue weighted by Gasteiger charge is 2.50. The number of benzene rings is 3. The number of nitrogens with one attached hydrogen (secondary N) is 4. The summed E-state index contributed by atoms with van der Waals surface area (Å²) in [7, 11) is 0. The fraction of sp³-hybridized carbons (Fsp3) is 0.410. The number of rotatable bonds is 11. The Kier molecular flexibility index (Phi) is 9.11. The van der Waals surface area contributed by atoms with Crippen molar-refractivity contribution in [3.05, 3.63) is 108 Å². The highest BCUT2D eigenvalue weighted by molar-refractivity contribution is 5.91. The molecule has 0 spiro atoms. The van der Waals surface area contributed by atoms with Crippen LogP contribution in [-0.2, 0) is 27.3 Å². The summed E-state index contributed by atoms with van der Waals surface area (Å²) in [6.45, 7) is 1.94. The molecular weight excluding hydrogens is 604 g/mol. The zero-order valence-corrected chi connectivity index (χ0v) is 27.3. The van der Waals surface area contributed by atoms with Crippen molar-refractivity contribution in [1.82, 2.24) is 20.9 Å². The highest BCUT2D eigenvalue weighted by Crippen LogP contribution is 2.54. The lowest BCUT2D eigenvalue weighted by molar-refractivity contribution is -0.127. The Morgan fingerprint density at radius 1 is 0.833 bits per heavy atom. The van der Waals surface area contributed by atoms with Gasteiger partial charge >= 0.3 is 12.2 Å². The average Bonchev–Trinajstić information content (AvgIpc) is 3.49. The van der Waals surface area contributed by atoms with Crippen LogP contribution in [0.2, 0.25) is 0 Å². The zero-order chi connectivity index (χ0) is 33.1. The van der Waals surface area contributed by atoms with Crippen LogP contribution in [-0.4, -0.2) is 41.3 Å². The van der Waals surface area contributed by atoms with Gasteiger partial charge in [0, 0.05) is 30.1 Å². The lowest BCUT2D eigenvalue weighted by atomic mass is 9.55. The third-order valence-corrected chi connectivity index (χ3v) is 10.7. The fourth-order valence-corrected chi connectivity index (χ4v) is 8.52. The van der Waals surface area contributed by atoms with Crippen molar-refractivity contribution < 1.29 is 23.9 Å². The average molecular weight is 649 g/mol. The minimum absolute atomic E-state index is 0.0824. The Morgan fingerprint density at radius 2 is 1.48 bits per heavy atom. The quantitative estimate of drug-likeness (QED) is 0.143. The largest absolute Gasteiger partial charge is 0.446 e. The molecule has 2 atom stereocenters. The number of para-hydroxylation sites is 1. The number of aromatic nitrogens is 1. The molecule has 2 unspecified atom stereocenters. The van der Waals surface area contributed by atoms with Crippen LogP contribution < -0.4 is 16.0 Å². The van der Waals surface area contributed by atoms with E-state index in [2.05, 4.69) is 20.9 Å². The van der Waals surface area contributed by atoms with Gasteiger partial charge in [-0.25, -0.2) is 9.59 Å². The van der Waals surface area contributed by atoms with E-state index in [1.54, 1.807) is 6.92 Å². The molecule has 0 aliphatic heterocycles. The van der Waals surface area contributed by atoms with Gasteiger partial charge in [0.25, 0.3) is 0 Å². The predicted octanol–water partition coefficient (Wildman–Crippen LogP) is 6.80. The zero-order valence-electron chi connectivity index (χ0n) is 27.3. The van der Waals surface area contributed by atoms with E-state index in [1.807, 2.05) is 91.1 Å². The molecule has 1 heterocycles. The monoisotopic (exact) mass is 648 g/mol. The topological polar surface area (TPSA) is 122 Å². The van der Waals surface area contributed by atoms with Crippen LogP contribution in [0.25, 0.3) is 10.9 Å². The first-order chi connectivity index (χ1) is 23.3. The minimum atomic E-state index is -1.34. The van der Waals surface area contributed by atoms with Crippen LogP contribution in [0.5, 0.6) is 0 Å². The Bertz CT molecular complexity index is 1710. The number of hydrogen-bond donors (Lipinski definition) is 4. The Hall–Kier alpha value is -4.79. The lowest BCUT2D eigenvalue weighted by Crippen LogP contribution is -2.60. The summed E-state index contributed by atoms with van der Waals surface area (Å²) in [5, 5.41) is 9.93. The molecule has 250 valence electrons. The molecule has 48 heavy (non-hydrogen) atoms. The molecule has 4 aromatic rings. The first kappa shape index (κ1) is 31.8. The molecule has 3 aromatic carbocycles. The first-order valence-corrected chi connectivity index (χ1v) is 17.2. The van der Waals surface area contributed by atoms with Gasteiger partial charge in [-0.15, -0.1) is 0 Å². The fourth-order valence-electron chi connectivity index (χ4n) is 8.52. The molecule has 3 amide bonds. The van der Waals surface area contributed by atoms with Crippen LogP contribution in [0.3, 0.4) is 0 Å². The molecule has 4 N–H and O–H groups in total. The van der Waals surface area contributed by atoms with E-state index in [1.165, 1.54) is 6.42 Å². The standard InChI is InChI=1S/C39H44N4O5/c1-39(21-31-22-40-33-15-9-8-14-32(31)33,43-38(46)48-35-29-17-26-16-27(19-29)20-30(35)18-26)36(44)41-23-34(28-12-6-3-7-13-28)42-37(45)47-24-25-10-4-2-5-11-25/h2-15,22,26-27,29-30,34-35,40H,16-21,23-24H2,1H3,(H,41,44)(H,42,45)(H,43,46). The summed E-state index contributed by atoms with van der Waals surface area (Å²) in [5.41, 5.74) is 2.19. The number of alkyl carbamates (subject to hydrolysis) is 2. The van der Waals surface area contributed by atoms with Crippen molar-refractivity contribution in [1.29, 1.82) is 0 Å². The second-order valence-corrected chi connectivity index (χ2v) is 14.2. The normalized spacial score (nSPS) is 24.3. The molecule has 8 rings (SSSR count). The van der Waals surface area contributed by atoms with Crippen molar-refractivity contribution >= 4 is 29.0 Å². The van der Waals surface area contributed by atoms with E-state index in [9.17, 15) is 14.4 Å². The maximum atomic E-state index is 14.2. The summed E-state index contributed by atoms with van der Waals surface area (Å²) in [4.78, 5) is 44.0. The number of hydrogen-bond acceptors (Lipinski definition) is 5. The number of aromatic amines is 1. The van der Waals surface area contributed by atoms with Gasteiger partial charge in [0.2, 0.25) is 5.91 Å². The second-order valence-electron chi connectivity index (χ2n) is 14.2. The number of carbonyl (C=O) groups is 3. The van der Waals surface area contributed by atoms with Crippen LogP contribution in [0.4, 0.5) is 9.59 Å². The van der Waals surface area contributed by atoms with Gasteiger partial charge in [-0.2, -0.15) is 0 Å². The summed E-state index contributed by atoms with van der Waals surface area (Å²) in [5.74, 6) is 1.94. The molecular formula is C39H44N4O5. The van der Waals surface area contributed by atoms with Crippen LogP contribution in [0.15, 0.2) is 91.1 Å². The van der Waals surface area contributed by atoms with Crippen molar-refractivity contribution in [3.8, 4) is 0 Å². The summed E-state index contributed by atoms with van der Waals surface area (Å²) < 4.78 is 11.7. The maximum Gasteiger partial charge on any atom is 0.408 e. The van der Waals surface area contributed by atoms with E-state index in [-0.39, 0.29) is 31.6 Å². The highest BCUT2D eigenvalue weighted by atomic mass is 16.6. The molecule has 9 nitrogen and oxygen atoms in total. The number of amides is 3. The number of H-pyrrole nitrogens is 1. The molecule has 4 bridgehead atoms. The molecule has 0 radical (unpaired) electrons. The van der Waals surface area contributed by atoms with Crippen LogP contribution in [0.1, 0.15) is 61.8 Å². The summed E-state index contributed by atoms with van der Waals surface area (Å²) >= 11 is 0. The summed E-state index contributed by atoms with van der Waals surface area (Å²) in [6, 6.07) is 26.2. The van der Waals surface area contributed by atoms with Gasteiger partial charge in [0.15, 0.2) is 0 Å². The molecule has 9 heteroatoms. The van der Waals surface area contributed by atoms with Crippen LogP contribution in [0, 0.1) is 23.7 Å². The van der Waals surface area contributed by atoms with Gasteiger partial charge in [-0.3, -0.25) is 4.79 Å². The van der Waals surface area contributed by atoms with Crippen molar-refractivity contribution in [2.45, 2.75) is 69.7 Å². The van der Waals surface area contributed by atoms with E-state index in [0.717, 1.165) is 65.1 Å². The van der Waals surface area contributed by atoms with Crippen molar-refractivity contribution in [3.63, 3.8) is 0 Å². The number of fused-ring (bicyclic) bond motifs is 1. The third kappa shape index (κ3) is 7.05. The van der Waals surface area contributed by atoms with Gasteiger partial charge in [-0.1, -0.05) is 78.9 Å². The van der Waals surface area contributed by atoms with Gasteiger partial charge in [-0.05, 0) is 85.5 Å². The molecule has 4 saturated carbocycles. The molecule has 1 aromatic heterocycles. The predicted molar refractivity (Wildman–Crippen MR) is 183 cm³/mol. The molecule has 4 aliphatic rings. The van der Waals surface area contributed by atoms with E-state index >= 15 is 0 Å². The Labute approximate surface area is 281 Å². The number of ether oxygens (including phenoxy) is 2. The minimum Gasteiger partial charge on any atom is -0.446 e. The van der Waals surface area contributed by atoms with E-state index in [0.29, 0.717) is 11.8 Å². The smallest absolute Gasteiger partial charge is 0.408 e. The van der Waals surface area contributed by atoms with Crippen molar-refractivity contribution in [2.75, 3.05) is 6.54 Å². The van der Waals surface area contributed by atoms with Crippen LogP contribution >= 0.6 is 0 Å². The number of carbonyl (C=O) groups excluding carboxylic acids is 3. The second kappa shape index (κ2) is 13.7. The third-order valence-electron chi connectivity index (χ3n) is 10.7. The lowest BCUT2D eigenvalue weighted by Gasteiger charge is -2.53. The first-order valence-electron chi connectivity index (χ1n) is 17.2. The van der Waals surface area contributed by atoms with Gasteiger partial charge < -0.3 is 30.4 Å². The van der Waals surface area contributed by atoms with E-state index in [4.69, 9.17) is 9.47 Å². The molecule has 4 fully saturated rings. The summed E-state index contributed by atoms with van der Waals surface area (Å²) in [6.07, 6.45) is 6.68. The Morgan fingerprint density at radius 3 is 2.19 bits per heavy atom. The van der Waals surface area contributed by atoms with Gasteiger partial charge in [0.1, 0.15) is 18.2 Å². The molecule has 4 aliphatic carbocycles. The maximum absolute atomic E-state index is 14.2. The Balaban J connectivity index is 1.06. The van der Waals surface area contributed by atoms with Gasteiger partial charge in [0.05, 0.1) is 6.04 Å². The molecule has 0 saturated heterocycles. The van der Waals surface area contributed by atoms with Crippen molar-refractivity contribution in [2.24, 2.45) is 23.7 Å².